The van der Waals surface area contributed by atoms with Gasteiger partial charge >= 0.3 is 0 Å². The molecule has 0 aromatic heterocycles. The number of ether oxygens (including phenoxy) is 1. The summed E-state index contributed by atoms with van der Waals surface area (Å²) < 4.78 is 29.0. The number of hydrogen-bond acceptors (Lipinski definition) is 4. The molecule has 5 nitrogen and oxygen atoms in total. The zero-order valence-electron chi connectivity index (χ0n) is 15.2. The van der Waals surface area contributed by atoms with Gasteiger partial charge in [0.15, 0.2) is 9.84 Å². The molecule has 0 N–H and O–H groups in total. The van der Waals surface area contributed by atoms with Gasteiger partial charge in [0, 0.05) is 18.4 Å². The van der Waals surface area contributed by atoms with Crippen molar-refractivity contribution in [1.82, 2.24) is 4.90 Å². The summed E-state index contributed by atoms with van der Waals surface area (Å²) in [7, 11) is -1.93. The van der Waals surface area contributed by atoms with Crippen molar-refractivity contribution < 1.29 is 17.9 Å². The van der Waals surface area contributed by atoms with Gasteiger partial charge in [0.2, 0.25) is 0 Å². The first-order valence-electron chi connectivity index (χ1n) is 8.13. The third kappa shape index (κ3) is 4.37. The number of hydrogen-bond donors (Lipinski definition) is 0. The fourth-order valence-electron chi connectivity index (χ4n) is 2.76. The maximum absolute atomic E-state index is 13.0. The van der Waals surface area contributed by atoms with Gasteiger partial charge in [-0.25, -0.2) is 8.42 Å². The van der Waals surface area contributed by atoms with E-state index < -0.39 is 9.84 Å². The number of sulfone groups is 1. The molecule has 0 aliphatic heterocycles. The van der Waals surface area contributed by atoms with Gasteiger partial charge in [-0.15, -0.1) is 0 Å². The summed E-state index contributed by atoms with van der Waals surface area (Å²) in [5.41, 5.74) is 1.21. The molecule has 0 saturated carbocycles. The standard InChI is InChI=1S/C19H22ClNO4S/c1-5-21(13(2)14-7-6-8-16(11-14)25-3)19(22)15-9-10-17(20)18(12-15)26(4,23)24/h6-13H,5H2,1-4H3. The van der Waals surface area contributed by atoms with E-state index in [9.17, 15) is 13.2 Å². The van der Waals surface area contributed by atoms with Gasteiger partial charge in [-0.05, 0) is 49.7 Å². The summed E-state index contributed by atoms with van der Waals surface area (Å²) in [5, 5.41) is 0.105. The van der Waals surface area contributed by atoms with Crippen LogP contribution in [0.4, 0.5) is 0 Å². The number of nitrogens with zero attached hydrogens (tertiary/aromatic N) is 1. The van der Waals surface area contributed by atoms with Gasteiger partial charge in [0.25, 0.3) is 5.91 Å². The highest BCUT2D eigenvalue weighted by molar-refractivity contribution is 7.90. The van der Waals surface area contributed by atoms with Crippen LogP contribution >= 0.6 is 11.6 Å². The van der Waals surface area contributed by atoms with Crippen molar-refractivity contribution in [3.05, 3.63) is 58.6 Å². The SMILES string of the molecule is CCN(C(=O)c1ccc(Cl)c(S(C)(=O)=O)c1)C(C)c1cccc(OC)c1. The minimum absolute atomic E-state index is 0.0462. The second kappa shape index (κ2) is 8.10. The fraction of sp³-hybridized carbons (Fsp3) is 0.316. The van der Waals surface area contributed by atoms with E-state index in [1.54, 1.807) is 18.1 Å². The number of carbonyl (C=O) groups excluding carboxylic acids is 1. The Bertz CT molecular complexity index is 912. The zero-order valence-corrected chi connectivity index (χ0v) is 16.8. The van der Waals surface area contributed by atoms with Crippen molar-refractivity contribution in [2.45, 2.75) is 24.8 Å². The van der Waals surface area contributed by atoms with Crippen LogP contribution in [-0.4, -0.2) is 39.1 Å². The Balaban J connectivity index is 2.39. The number of benzene rings is 2. The lowest BCUT2D eigenvalue weighted by Gasteiger charge is -2.29. The average Bonchev–Trinajstić information content (AvgIpc) is 2.61. The summed E-state index contributed by atoms with van der Waals surface area (Å²) in [5.74, 6) is 0.452. The van der Waals surface area contributed by atoms with Crippen molar-refractivity contribution in [2.24, 2.45) is 0 Å². The Labute approximate surface area is 159 Å². The van der Waals surface area contributed by atoms with E-state index in [0.29, 0.717) is 12.3 Å². The van der Waals surface area contributed by atoms with Crippen molar-refractivity contribution in [2.75, 3.05) is 19.9 Å². The van der Waals surface area contributed by atoms with Gasteiger partial charge in [-0.1, -0.05) is 23.7 Å². The lowest BCUT2D eigenvalue weighted by atomic mass is 10.1. The van der Waals surface area contributed by atoms with Gasteiger partial charge in [0.1, 0.15) is 5.75 Å². The Morgan fingerprint density at radius 1 is 1.23 bits per heavy atom. The third-order valence-electron chi connectivity index (χ3n) is 4.22. The molecular weight excluding hydrogens is 374 g/mol. The highest BCUT2D eigenvalue weighted by Crippen LogP contribution is 2.27. The first-order valence-corrected chi connectivity index (χ1v) is 10.4. The molecule has 0 fully saturated rings. The van der Waals surface area contributed by atoms with Gasteiger partial charge in [-0.2, -0.15) is 0 Å². The zero-order chi connectivity index (χ0) is 19.5. The third-order valence-corrected chi connectivity index (χ3v) is 5.80. The molecule has 1 unspecified atom stereocenters. The quantitative estimate of drug-likeness (QED) is 0.742. The predicted octanol–water partition coefficient (Wildman–Crippen LogP) is 3.98. The van der Waals surface area contributed by atoms with E-state index in [4.69, 9.17) is 16.3 Å². The number of halogens is 1. The topological polar surface area (TPSA) is 63.7 Å². The highest BCUT2D eigenvalue weighted by atomic mass is 35.5. The molecule has 26 heavy (non-hydrogen) atoms. The lowest BCUT2D eigenvalue weighted by Crippen LogP contribution is -2.33. The molecule has 0 saturated heterocycles. The van der Waals surface area contributed by atoms with E-state index in [0.717, 1.165) is 11.8 Å². The summed E-state index contributed by atoms with van der Waals surface area (Å²) in [6.45, 7) is 4.26. The van der Waals surface area contributed by atoms with E-state index in [1.165, 1.54) is 12.1 Å². The molecule has 2 aromatic carbocycles. The lowest BCUT2D eigenvalue weighted by molar-refractivity contribution is 0.0702. The second-order valence-electron chi connectivity index (χ2n) is 5.96. The first-order chi connectivity index (χ1) is 12.2. The Kier molecular flexibility index (Phi) is 6.31. The van der Waals surface area contributed by atoms with Crippen LogP contribution in [0.2, 0.25) is 5.02 Å². The smallest absolute Gasteiger partial charge is 0.254 e. The normalized spacial score (nSPS) is 12.5. The van der Waals surface area contributed by atoms with Gasteiger partial charge in [0.05, 0.1) is 23.1 Å². The van der Waals surface area contributed by atoms with Gasteiger partial charge < -0.3 is 9.64 Å². The van der Waals surface area contributed by atoms with Crippen LogP contribution in [0, 0.1) is 0 Å². The van der Waals surface area contributed by atoms with Crippen LogP contribution in [0.5, 0.6) is 5.75 Å². The number of rotatable bonds is 6. The number of methoxy groups -OCH3 is 1. The molecule has 2 rings (SSSR count). The van der Waals surface area contributed by atoms with Crippen LogP contribution in [-0.2, 0) is 9.84 Å². The van der Waals surface area contributed by atoms with E-state index in [1.807, 2.05) is 38.1 Å². The van der Waals surface area contributed by atoms with Crippen LogP contribution < -0.4 is 4.74 Å². The second-order valence-corrected chi connectivity index (χ2v) is 8.35. The van der Waals surface area contributed by atoms with E-state index >= 15 is 0 Å². The van der Waals surface area contributed by atoms with Crippen LogP contribution in [0.3, 0.4) is 0 Å². The molecule has 0 aliphatic rings. The average molecular weight is 396 g/mol. The van der Waals surface area contributed by atoms with Crippen molar-refractivity contribution in [3.8, 4) is 5.75 Å². The molecule has 1 amide bonds. The molecule has 0 radical (unpaired) electrons. The van der Waals surface area contributed by atoms with Crippen molar-refractivity contribution in [1.29, 1.82) is 0 Å². The van der Waals surface area contributed by atoms with Crippen LogP contribution in [0.25, 0.3) is 0 Å². The molecule has 1 atom stereocenters. The maximum atomic E-state index is 13.0. The van der Waals surface area contributed by atoms with E-state index in [2.05, 4.69) is 0 Å². The Hall–Kier alpha value is -2.05. The fourth-order valence-corrected chi connectivity index (χ4v) is 4.06. The molecule has 0 heterocycles. The molecule has 140 valence electrons. The predicted molar refractivity (Wildman–Crippen MR) is 103 cm³/mol. The number of amides is 1. The van der Waals surface area contributed by atoms with Crippen molar-refractivity contribution in [3.63, 3.8) is 0 Å². The molecule has 0 bridgehead atoms. The minimum Gasteiger partial charge on any atom is -0.497 e. The first kappa shape index (κ1) is 20.3. The largest absolute Gasteiger partial charge is 0.497 e. The van der Waals surface area contributed by atoms with Crippen LogP contribution in [0.15, 0.2) is 47.4 Å². The monoisotopic (exact) mass is 395 g/mol. The summed E-state index contributed by atoms with van der Waals surface area (Å²) in [6, 6.07) is 11.6. The van der Waals surface area contributed by atoms with Gasteiger partial charge in [-0.3, -0.25) is 4.79 Å². The minimum atomic E-state index is -3.52. The summed E-state index contributed by atoms with van der Waals surface area (Å²) in [4.78, 5) is 14.6. The van der Waals surface area contributed by atoms with Crippen molar-refractivity contribution >= 4 is 27.3 Å². The molecule has 0 spiro atoms. The molecule has 7 heteroatoms. The molecule has 2 aromatic rings. The van der Waals surface area contributed by atoms with Crippen LogP contribution in [0.1, 0.15) is 35.8 Å². The summed E-state index contributed by atoms with van der Waals surface area (Å²) in [6.07, 6.45) is 1.07. The number of carbonyl (C=O) groups is 1. The maximum Gasteiger partial charge on any atom is 0.254 e. The Morgan fingerprint density at radius 3 is 2.50 bits per heavy atom. The summed E-state index contributed by atoms with van der Waals surface area (Å²) >= 11 is 5.97. The molecule has 0 aliphatic carbocycles. The van der Waals surface area contributed by atoms with E-state index in [-0.39, 0.29) is 27.4 Å². The highest BCUT2D eigenvalue weighted by Gasteiger charge is 2.23. The Morgan fingerprint density at radius 2 is 1.92 bits per heavy atom. The molecular formula is C19H22ClNO4S.